The van der Waals surface area contributed by atoms with E-state index in [4.69, 9.17) is 25.5 Å². The highest BCUT2D eigenvalue weighted by Crippen LogP contribution is 2.37. The van der Waals surface area contributed by atoms with Crippen molar-refractivity contribution >= 4 is 40.4 Å². The average Bonchev–Trinajstić information content (AvgIpc) is 3.32. The molecule has 0 saturated heterocycles. The predicted molar refractivity (Wildman–Crippen MR) is 136 cm³/mol. The Labute approximate surface area is 215 Å². The Morgan fingerprint density at radius 2 is 2.03 bits per heavy atom. The van der Waals surface area contributed by atoms with E-state index in [1.807, 2.05) is 13.0 Å². The first kappa shape index (κ1) is 25.2. The molecule has 3 aromatic carbocycles. The first-order valence-electron chi connectivity index (χ1n) is 11.0. The van der Waals surface area contributed by atoms with Crippen LogP contribution in [0.15, 0.2) is 70.2 Å². The molecule has 0 aliphatic carbocycles. The molecule has 0 saturated carbocycles. The summed E-state index contributed by atoms with van der Waals surface area (Å²) in [6.45, 7) is 2.28. The van der Waals surface area contributed by atoms with Crippen LogP contribution in [-0.2, 0) is 6.61 Å². The van der Waals surface area contributed by atoms with Crippen molar-refractivity contribution in [3.8, 4) is 17.6 Å². The normalized spacial score (nSPS) is 10.8. The molecule has 0 atom stereocenters. The number of carbonyl (C=O) groups excluding carboxylic acids is 1. The molecule has 4 aromatic rings. The average molecular weight is 519 g/mol. The number of rotatable bonds is 9. The van der Waals surface area contributed by atoms with Crippen LogP contribution in [-0.4, -0.2) is 23.7 Å². The van der Waals surface area contributed by atoms with Crippen LogP contribution in [0.1, 0.15) is 34.2 Å². The maximum Gasteiger partial charge on any atom is 0.307 e. The fourth-order valence-electron chi connectivity index (χ4n) is 3.45. The summed E-state index contributed by atoms with van der Waals surface area (Å²) in [7, 11) is 0. The van der Waals surface area contributed by atoms with Crippen molar-refractivity contribution in [2.45, 2.75) is 13.5 Å². The zero-order valence-electron chi connectivity index (χ0n) is 19.4. The third kappa shape index (κ3) is 5.86. The van der Waals surface area contributed by atoms with E-state index in [9.17, 15) is 20.2 Å². The number of nitro groups is 1. The van der Waals surface area contributed by atoms with Crippen molar-refractivity contribution in [3.05, 3.63) is 98.3 Å². The maximum absolute atomic E-state index is 12.4. The standard InChI is InChI=1S/C26H19ClN4O6/c1-2-35-23-10-16(9-21(27)25(23)36-15-18-6-4-3-5-17(18)13-28)14-29-30-26(32)24-12-19-11-20(31(33)34)7-8-22(19)37-24/h3-12,14H,2,15H2,1H3,(H,30,32)/b29-14+. The van der Waals surface area contributed by atoms with Crippen LogP contribution in [0.5, 0.6) is 11.5 Å². The number of amides is 1. The number of carbonyl (C=O) groups is 1. The number of hydrogen-bond acceptors (Lipinski definition) is 8. The molecule has 1 heterocycles. The molecule has 37 heavy (non-hydrogen) atoms. The number of hydrogen-bond donors (Lipinski definition) is 1. The number of hydrazone groups is 1. The summed E-state index contributed by atoms with van der Waals surface area (Å²) in [4.78, 5) is 22.8. The van der Waals surface area contributed by atoms with Gasteiger partial charge in [0, 0.05) is 23.1 Å². The van der Waals surface area contributed by atoms with Gasteiger partial charge in [-0.15, -0.1) is 0 Å². The van der Waals surface area contributed by atoms with Crippen LogP contribution < -0.4 is 14.9 Å². The fraction of sp³-hybridized carbons (Fsp3) is 0.115. The second-order valence-electron chi connectivity index (χ2n) is 7.61. The largest absolute Gasteiger partial charge is 0.490 e. The summed E-state index contributed by atoms with van der Waals surface area (Å²) in [6, 6.07) is 17.9. The first-order chi connectivity index (χ1) is 17.9. The number of benzene rings is 3. The number of ether oxygens (including phenoxy) is 2. The van der Waals surface area contributed by atoms with Crippen LogP contribution in [0, 0.1) is 21.4 Å². The smallest absolute Gasteiger partial charge is 0.307 e. The van der Waals surface area contributed by atoms with Crippen LogP contribution in [0.2, 0.25) is 5.02 Å². The lowest BCUT2D eigenvalue weighted by molar-refractivity contribution is -0.384. The van der Waals surface area contributed by atoms with Crippen molar-refractivity contribution in [1.29, 1.82) is 5.26 Å². The van der Waals surface area contributed by atoms with Crippen molar-refractivity contribution < 1.29 is 23.6 Å². The number of nitrogens with one attached hydrogen (secondary N) is 1. The van der Waals surface area contributed by atoms with Crippen molar-refractivity contribution in [2.24, 2.45) is 5.10 Å². The minimum atomic E-state index is -0.637. The van der Waals surface area contributed by atoms with Gasteiger partial charge in [-0.3, -0.25) is 14.9 Å². The number of fused-ring (bicyclic) bond motifs is 1. The predicted octanol–water partition coefficient (Wildman–Crippen LogP) is 5.61. The summed E-state index contributed by atoms with van der Waals surface area (Å²) in [5.74, 6) is -0.00525. The number of halogens is 1. The maximum atomic E-state index is 12.4. The summed E-state index contributed by atoms with van der Waals surface area (Å²) in [5.41, 5.74) is 4.30. The van der Waals surface area contributed by atoms with E-state index in [0.717, 1.165) is 0 Å². The zero-order chi connectivity index (χ0) is 26.4. The van der Waals surface area contributed by atoms with E-state index in [1.54, 1.807) is 30.3 Å². The third-order valence-electron chi connectivity index (χ3n) is 5.16. The van der Waals surface area contributed by atoms with Crippen molar-refractivity contribution in [3.63, 3.8) is 0 Å². The molecule has 0 radical (unpaired) electrons. The van der Waals surface area contributed by atoms with Gasteiger partial charge in [-0.25, -0.2) is 5.43 Å². The van der Waals surface area contributed by atoms with Crippen LogP contribution >= 0.6 is 11.6 Å². The van der Waals surface area contributed by atoms with E-state index < -0.39 is 10.8 Å². The molecule has 0 bridgehead atoms. The molecule has 10 nitrogen and oxygen atoms in total. The van der Waals surface area contributed by atoms with Gasteiger partial charge in [0.25, 0.3) is 5.69 Å². The molecule has 1 amide bonds. The molecule has 1 N–H and O–H groups in total. The van der Waals surface area contributed by atoms with E-state index in [0.29, 0.717) is 45.8 Å². The molecule has 0 aliphatic heterocycles. The topological polar surface area (TPSA) is 140 Å². The number of non-ortho nitro benzene ring substituents is 1. The molecule has 0 unspecified atom stereocenters. The Bertz CT molecular complexity index is 1560. The molecule has 4 rings (SSSR count). The summed E-state index contributed by atoms with van der Waals surface area (Å²) < 4.78 is 17.0. The molecule has 0 aliphatic rings. The van der Waals surface area contributed by atoms with Gasteiger partial charge in [-0.1, -0.05) is 29.8 Å². The Morgan fingerprint density at radius 3 is 2.78 bits per heavy atom. The summed E-state index contributed by atoms with van der Waals surface area (Å²) in [6.07, 6.45) is 1.37. The molecule has 0 spiro atoms. The Kier molecular flexibility index (Phi) is 7.66. The third-order valence-corrected chi connectivity index (χ3v) is 5.44. The molecule has 186 valence electrons. The van der Waals surface area contributed by atoms with Gasteiger partial charge >= 0.3 is 5.91 Å². The molecular weight excluding hydrogens is 500 g/mol. The number of nitro benzene ring substituents is 1. The number of furan rings is 1. The molecule has 1 aromatic heterocycles. The van der Waals surface area contributed by atoms with Crippen LogP contribution in [0.4, 0.5) is 5.69 Å². The number of nitriles is 1. The highest BCUT2D eigenvalue weighted by atomic mass is 35.5. The van der Waals surface area contributed by atoms with Gasteiger partial charge in [0.05, 0.1) is 34.4 Å². The summed E-state index contributed by atoms with van der Waals surface area (Å²) >= 11 is 6.45. The molecular formula is C26H19ClN4O6. The van der Waals surface area contributed by atoms with E-state index >= 15 is 0 Å². The van der Waals surface area contributed by atoms with Crippen molar-refractivity contribution in [2.75, 3.05) is 6.61 Å². The molecule has 0 fully saturated rings. The van der Waals surface area contributed by atoms with Gasteiger partial charge in [-0.05, 0) is 42.8 Å². The van der Waals surface area contributed by atoms with E-state index in [1.165, 1.54) is 30.5 Å². The van der Waals surface area contributed by atoms with Crippen LogP contribution in [0.3, 0.4) is 0 Å². The quantitative estimate of drug-likeness (QED) is 0.172. The highest BCUT2D eigenvalue weighted by molar-refractivity contribution is 6.32. The highest BCUT2D eigenvalue weighted by Gasteiger charge is 2.16. The van der Waals surface area contributed by atoms with Crippen molar-refractivity contribution in [1.82, 2.24) is 5.43 Å². The fourth-order valence-corrected chi connectivity index (χ4v) is 3.72. The SMILES string of the molecule is CCOc1cc(/C=N/NC(=O)c2cc3cc([N+](=O)[O-])ccc3o2)cc(Cl)c1OCc1ccccc1C#N. The Hall–Kier alpha value is -4.88. The lowest BCUT2D eigenvalue weighted by Crippen LogP contribution is -2.16. The second kappa shape index (κ2) is 11.2. The lowest BCUT2D eigenvalue weighted by atomic mass is 10.1. The minimum Gasteiger partial charge on any atom is -0.490 e. The number of nitrogens with zero attached hydrogens (tertiary/aromatic N) is 3. The van der Waals surface area contributed by atoms with Gasteiger partial charge in [0.1, 0.15) is 12.2 Å². The van der Waals surface area contributed by atoms with Gasteiger partial charge in [0.2, 0.25) is 0 Å². The zero-order valence-corrected chi connectivity index (χ0v) is 20.2. The van der Waals surface area contributed by atoms with E-state index in [-0.39, 0.29) is 23.1 Å². The van der Waals surface area contributed by atoms with Crippen LogP contribution in [0.25, 0.3) is 11.0 Å². The monoisotopic (exact) mass is 518 g/mol. The second-order valence-corrected chi connectivity index (χ2v) is 8.02. The van der Waals surface area contributed by atoms with E-state index in [2.05, 4.69) is 16.6 Å². The Morgan fingerprint density at radius 1 is 1.22 bits per heavy atom. The minimum absolute atomic E-state index is 0.0536. The lowest BCUT2D eigenvalue weighted by Gasteiger charge is -2.15. The summed E-state index contributed by atoms with van der Waals surface area (Å²) in [5, 5.41) is 24.8. The first-order valence-corrected chi connectivity index (χ1v) is 11.4. The molecule has 11 heteroatoms. The van der Waals surface area contributed by atoms with Gasteiger partial charge in [0.15, 0.2) is 17.3 Å². The van der Waals surface area contributed by atoms with Gasteiger partial charge in [-0.2, -0.15) is 10.4 Å². The Balaban J connectivity index is 1.48. The van der Waals surface area contributed by atoms with Gasteiger partial charge < -0.3 is 13.9 Å².